The molecule has 18 heavy (non-hydrogen) atoms. The summed E-state index contributed by atoms with van der Waals surface area (Å²) in [5.74, 6) is 0.743. The van der Waals surface area contributed by atoms with Gasteiger partial charge in [0.15, 0.2) is 0 Å². The SMILES string of the molecule is COc1ccc(-c2ccc(CO)c(C)c2)c(Cl)c1. The summed E-state index contributed by atoms with van der Waals surface area (Å²) in [4.78, 5) is 0. The third-order valence-corrected chi connectivity index (χ3v) is 3.31. The minimum Gasteiger partial charge on any atom is -0.497 e. The highest BCUT2D eigenvalue weighted by atomic mass is 35.5. The van der Waals surface area contributed by atoms with Gasteiger partial charge in [-0.2, -0.15) is 0 Å². The average molecular weight is 263 g/mol. The van der Waals surface area contributed by atoms with Crippen molar-refractivity contribution in [2.75, 3.05) is 7.11 Å². The molecule has 2 rings (SSSR count). The minimum absolute atomic E-state index is 0.0580. The third-order valence-electron chi connectivity index (χ3n) is 3.00. The topological polar surface area (TPSA) is 29.5 Å². The van der Waals surface area contributed by atoms with Crippen LogP contribution in [0, 0.1) is 6.92 Å². The van der Waals surface area contributed by atoms with Crippen LogP contribution in [-0.2, 0) is 6.61 Å². The van der Waals surface area contributed by atoms with E-state index in [1.54, 1.807) is 13.2 Å². The van der Waals surface area contributed by atoms with Crippen LogP contribution in [-0.4, -0.2) is 12.2 Å². The predicted octanol–water partition coefficient (Wildman–Crippen LogP) is 3.82. The molecule has 3 heteroatoms. The lowest BCUT2D eigenvalue weighted by atomic mass is 10.00. The Morgan fingerprint density at radius 2 is 1.94 bits per heavy atom. The third kappa shape index (κ3) is 2.50. The molecule has 0 spiro atoms. The molecular weight excluding hydrogens is 248 g/mol. The molecule has 2 aromatic rings. The van der Waals surface area contributed by atoms with Crippen LogP contribution < -0.4 is 4.74 Å². The molecule has 2 aromatic carbocycles. The van der Waals surface area contributed by atoms with Gasteiger partial charge >= 0.3 is 0 Å². The first kappa shape index (κ1) is 12.9. The zero-order chi connectivity index (χ0) is 13.1. The Hall–Kier alpha value is -1.51. The molecule has 94 valence electrons. The van der Waals surface area contributed by atoms with Gasteiger partial charge < -0.3 is 9.84 Å². The van der Waals surface area contributed by atoms with Crippen LogP contribution >= 0.6 is 11.6 Å². The Morgan fingerprint density at radius 3 is 2.50 bits per heavy atom. The summed E-state index contributed by atoms with van der Waals surface area (Å²) in [6.45, 7) is 2.04. The van der Waals surface area contributed by atoms with Crippen molar-refractivity contribution in [3.05, 3.63) is 52.5 Å². The first-order chi connectivity index (χ1) is 8.65. The van der Waals surface area contributed by atoms with Gasteiger partial charge in [-0.15, -0.1) is 0 Å². The monoisotopic (exact) mass is 262 g/mol. The van der Waals surface area contributed by atoms with Crippen LogP contribution in [0.1, 0.15) is 11.1 Å². The van der Waals surface area contributed by atoms with E-state index in [9.17, 15) is 0 Å². The van der Waals surface area contributed by atoms with Crippen LogP contribution in [0.15, 0.2) is 36.4 Å². The second-order valence-electron chi connectivity index (χ2n) is 4.15. The van der Waals surface area contributed by atoms with Crippen molar-refractivity contribution < 1.29 is 9.84 Å². The van der Waals surface area contributed by atoms with Crippen molar-refractivity contribution in [3.63, 3.8) is 0 Å². The summed E-state index contributed by atoms with van der Waals surface area (Å²) in [5, 5.41) is 9.82. The average Bonchev–Trinajstić information content (AvgIpc) is 2.38. The number of aliphatic hydroxyl groups excluding tert-OH is 1. The highest BCUT2D eigenvalue weighted by Gasteiger charge is 2.06. The maximum Gasteiger partial charge on any atom is 0.120 e. The quantitative estimate of drug-likeness (QED) is 0.911. The Bertz CT molecular complexity index is 564. The lowest BCUT2D eigenvalue weighted by Crippen LogP contribution is -1.90. The minimum atomic E-state index is 0.0580. The molecule has 0 aliphatic rings. The maximum atomic E-state index is 9.16. The molecule has 0 atom stereocenters. The number of hydrogen-bond acceptors (Lipinski definition) is 2. The molecule has 0 bridgehead atoms. The Kier molecular flexibility index (Phi) is 3.90. The lowest BCUT2D eigenvalue weighted by Gasteiger charge is -2.09. The van der Waals surface area contributed by atoms with Crippen molar-refractivity contribution in [1.82, 2.24) is 0 Å². The molecule has 0 fully saturated rings. The number of halogens is 1. The van der Waals surface area contributed by atoms with E-state index in [1.807, 2.05) is 37.3 Å². The first-order valence-corrected chi connectivity index (χ1v) is 6.08. The fraction of sp³-hybridized carbons (Fsp3) is 0.200. The van der Waals surface area contributed by atoms with Crippen LogP contribution in [0.3, 0.4) is 0 Å². The highest BCUT2D eigenvalue weighted by molar-refractivity contribution is 6.33. The molecule has 0 radical (unpaired) electrons. The largest absolute Gasteiger partial charge is 0.497 e. The van der Waals surface area contributed by atoms with Crippen molar-refractivity contribution in [3.8, 4) is 16.9 Å². The smallest absolute Gasteiger partial charge is 0.120 e. The van der Waals surface area contributed by atoms with E-state index in [1.165, 1.54) is 0 Å². The van der Waals surface area contributed by atoms with Gasteiger partial charge in [0.05, 0.1) is 18.7 Å². The van der Waals surface area contributed by atoms with Crippen molar-refractivity contribution in [1.29, 1.82) is 0 Å². The Balaban J connectivity index is 2.45. The van der Waals surface area contributed by atoms with Gasteiger partial charge in [-0.3, -0.25) is 0 Å². The molecule has 0 saturated carbocycles. The lowest BCUT2D eigenvalue weighted by molar-refractivity contribution is 0.281. The van der Waals surface area contributed by atoms with Crippen molar-refractivity contribution in [2.45, 2.75) is 13.5 Å². The number of ether oxygens (including phenoxy) is 1. The van der Waals surface area contributed by atoms with Crippen LogP contribution in [0.25, 0.3) is 11.1 Å². The van der Waals surface area contributed by atoms with Gasteiger partial charge in [0.1, 0.15) is 5.75 Å². The summed E-state index contributed by atoms with van der Waals surface area (Å²) >= 11 is 6.24. The molecule has 0 amide bonds. The number of methoxy groups -OCH3 is 1. The van der Waals surface area contributed by atoms with E-state index >= 15 is 0 Å². The summed E-state index contributed by atoms with van der Waals surface area (Å²) in [6, 6.07) is 11.5. The van der Waals surface area contributed by atoms with Crippen LogP contribution in [0.5, 0.6) is 5.75 Å². The fourth-order valence-electron chi connectivity index (χ4n) is 1.90. The molecule has 0 aliphatic carbocycles. The molecule has 0 aliphatic heterocycles. The fourth-order valence-corrected chi connectivity index (χ4v) is 2.18. The van der Waals surface area contributed by atoms with E-state index in [0.717, 1.165) is 28.0 Å². The molecule has 0 saturated heterocycles. The molecule has 0 aromatic heterocycles. The predicted molar refractivity (Wildman–Crippen MR) is 74.1 cm³/mol. The van der Waals surface area contributed by atoms with Gasteiger partial charge in [-0.25, -0.2) is 0 Å². The standard InChI is InChI=1S/C15H15ClO2/c1-10-7-11(3-4-12(10)9-17)14-6-5-13(18-2)8-15(14)16/h3-8,17H,9H2,1-2H3. The number of benzene rings is 2. The molecular formula is C15H15ClO2. The van der Waals surface area contributed by atoms with Gasteiger partial charge in [0.25, 0.3) is 0 Å². The molecule has 2 nitrogen and oxygen atoms in total. The molecule has 1 N–H and O–H groups in total. The van der Waals surface area contributed by atoms with Crippen molar-refractivity contribution >= 4 is 11.6 Å². The van der Waals surface area contributed by atoms with Gasteiger partial charge in [0, 0.05) is 5.56 Å². The zero-order valence-corrected chi connectivity index (χ0v) is 11.2. The maximum absolute atomic E-state index is 9.16. The first-order valence-electron chi connectivity index (χ1n) is 5.70. The number of aryl methyl sites for hydroxylation is 1. The van der Waals surface area contributed by atoms with Crippen LogP contribution in [0.2, 0.25) is 5.02 Å². The van der Waals surface area contributed by atoms with E-state index in [4.69, 9.17) is 21.4 Å². The van der Waals surface area contributed by atoms with E-state index in [-0.39, 0.29) is 6.61 Å². The number of rotatable bonds is 3. The molecule has 0 unspecified atom stereocenters. The van der Waals surface area contributed by atoms with Crippen molar-refractivity contribution in [2.24, 2.45) is 0 Å². The molecule has 0 heterocycles. The summed E-state index contributed by atoms with van der Waals surface area (Å²) in [7, 11) is 1.62. The van der Waals surface area contributed by atoms with E-state index in [2.05, 4.69) is 0 Å². The summed E-state index contributed by atoms with van der Waals surface area (Å²) in [5.41, 5.74) is 3.99. The summed E-state index contributed by atoms with van der Waals surface area (Å²) < 4.78 is 5.13. The van der Waals surface area contributed by atoms with Crippen LogP contribution in [0.4, 0.5) is 0 Å². The van der Waals surface area contributed by atoms with Gasteiger partial charge in [-0.05, 0) is 41.8 Å². The second-order valence-corrected chi connectivity index (χ2v) is 4.55. The second kappa shape index (κ2) is 5.42. The van der Waals surface area contributed by atoms with E-state index < -0.39 is 0 Å². The zero-order valence-electron chi connectivity index (χ0n) is 10.4. The van der Waals surface area contributed by atoms with E-state index in [0.29, 0.717) is 5.02 Å². The highest BCUT2D eigenvalue weighted by Crippen LogP contribution is 2.32. The Labute approximate surface area is 112 Å². The normalized spacial score (nSPS) is 10.4. The van der Waals surface area contributed by atoms with Gasteiger partial charge in [0.2, 0.25) is 0 Å². The van der Waals surface area contributed by atoms with Gasteiger partial charge in [-0.1, -0.05) is 29.8 Å². The number of hydrogen-bond donors (Lipinski definition) is 1. The summed E-state index contributed by atoms with van der Waals surface area (Å²) in [6.07, 6.45) is 0. The Morgan fingerprint density at radius 1 is 1.17 bits per heavy atom. The number of aliphatic hydroxyl groups is 1.